The number of carbonyl (C=O) groups is 1. The van der Waals surface area contributed by atoms with Gasteiger partial charge in [0.05, 0.1) is 5.92 Å². The molecule has 0 aliphatic rings. The van der Waals surface area contributed by atoms with Gasteiger partial charge >= 0.3 is 5.97 Å². The van der Waals surface area contributed by atoms with Crippen molar-refractivity contribution in [3.05, 3.63) is 0 Å². The van der Waals surface area contributed by atoms with Gasteiger partial charge in [-0.3, -0.25) is 4.79 Å². The summed E-state index contributed by atoms with van der Waals surface area (Å²) in [7, 11) is 0. The van der Waals surface area contributed by atoms with Gasteiger partial charge in [0, 0.05) is 0 Å². The van der Waals surface area contributed by atoms with Gasteiger partial charge in [0.1, 0.15) is 0 Å². The molecule has 0 bridgehead atoms. The Labute approximate surface area is 81.3 Å². The number of carboxylic acid groups (broad SMARTS) is 1. The molecule has 0 amide bonds. The number of aliphatic carboxylic acids is 1. The first-order valence-electron chi connectivity index (χ1n) is 5.34. The first-order valence-corrected chi connectivity index (χ1v) is 5.34. The minimum absolute atomic E-state index is 0.133. The highest BCUT2D eigenvalue weighted by molar-refractivity contribution is 5.69. The number of hydrogen-bond acceptors (Lipinski definition) is 1. The summed E-state index contributed by atoms with van der Waals surface area (Å²) >= 11 is 0. The highest BCUT2D eigenvalue weighted by Crippen LogP contribution is 2.20. The van der Waals surface area contributed by atoms with Gasteiger partial charge in [-0.2, -0.15) is 0 Å². The zero-order valence-electron chi connectivity index (χ0n) is 9.05. The van der Waals surface area contributed by atoms with Crippen LogP contribution in [0.25, 0.3) is 0 Å². The number of hydrogen-bond donors (Lipinski definition) is 1. The maximum atomic E-state index is 10.7. The third-order valence-electron chi connectivity index (χ3n) is 2.58. The van der Waals surface area contributed by atoms with E-state index in [2.05, 4.69) is 13.8 Å². The zero-order valence-corrected chi connectivity index (χ0v) is 9.05. The summed E-state index contributed by atoms with van der Waals surface area (Å²) in [5.74, 6) is -0.210. The molecule has 0 aromatic rings. The van der Waals surface area contributed by atoms with E-state index in [0.29, 0.717) is 5.92 Å². The van der Waals surface area contributed by atoms with Crippen molar-refractivity contribution in [3.8, 4) is 0 Å². The molecule has 0 heterocycles. The highest BCUT2D eigenvalue weighted by Gasteiger charge is 2.17. The van der Waals surface area contributed by atoms with E-state index in [1.165, 1.54) is 19.3 Å². The summed E-state index contributed by atoms with van der Waals surface area (Å²) in [6.07, 6.45) is 5.18. The molecule has 0 fully saturated rings. The number of carboxylic acids is 1. The Morgan fingerprint density at radius 2 is 2.00 bits per heavy atom. The normalized spacial score (nSPS) is 15.3. The second kappa shape index (κ2) is 6.93. The third kappa shape index (κ3) is 5.67. The van der Waals surface area contributed by atoms with Crippen molar-refractivity contribution in [3.63, 3.8) is 0 Å². The summed E-state index contributed by atoms with van der Waals surface area (Å²) in [6.45, 7) is 6.27. The van der Waals surface area contributed by atoms with Gasteiger partial charge < -0.3 is 5.11 Å². The van der Waals surface area contributed by atoms with E-state index in [1.807, 2.05) is 6.92 Å². The Morgan fingerprint density at radius 3 is 2.38 bits per heavy atom. The fraction of sp³-hybridized carbons (Fsp3) is 0.909. The van der Waals surface area contributed by atoms with Crippen LogP contribution in [0.2, 0.25) is 0 Å². The number of unbranched alkanes of at least 4 members (excludes halogenated alkanes) is 1. The quantitative estimate of drug-likeness (QED) is 0.662. The summed E-state index contributed by atoms with van der Waals surface area (Å²) < 4.78 is 0. The first kappa shape index (κ1) is 12.5. The van der Waals surface area contributed by atoms with E-state index in [1.54, 1.807) is 0 Å². The van der Waals surface area contributed by atoms with Gasteiger partial charge in [0.25, 0.3) is 0 Å². The van der Waals surface area contributed by atoms with Gasteiger partial charge in [0.15, 0.2) is 0 Å². The minimum atomic E-state index is -0.633. The van der Waals surface area contributed by atoms with Crippen molar-refractivity contribution < 1.29 is 9.90 Å². The van der Waals surface area contributed by atoms with Crippen LogP contribution in [0.5, 0.6) is 0 Å². The predicted octanol–water partition coefficient (Wildman–Crippen LogP) is 3.31. The van der Waals surface area contributed by atoms with Crippen molar-refractivity contribution in [2.45, 2.75) is 52.9 Å². The molecular weight excluding hydrogens is 164 g/mol. The lowest BCUT2D eigenvalue weighted by Gasteiger charge is -2.15. The van der Waals surface area contributed by atoms with E-state index < -0.39 is 5.97 Å². The molecule has 0 rings (SSSR count). The van der Waals surface area contributed by atoms with Crippen LogP contribution >= 0.6 is 0 Å². The molecular formula is C11H22O2. The van der Waals surface area contributed by atoms with Crippen LogP contribution in [0, 0.1) is 11.8 Å². The van der Waals surface area contributed by atoms with Crippen LogP contribution < -0.4 is 0 Å². The molecule has 2 nitrogen and oxygen atoms in total. The Kier molecular flexibility index (Phi) is 6.65. The van der Waals surface area contributed by atoms with Crippen molar-refractivity contribution in [1.82, 2.24) is 0 Å². The van der Waals surface area contributed by atoms with Crippen molar-refractivity contribution in [2.24, 2.45) is 11.8 Å². The van der Waals surface area contributed by atoms with Gasteiger partial charge in [-0.25, -0.2) is 0 Å². The van der Waals surface area contributed by atoms with Gasteiger partial charge in [-0.1, -0.05) is 40.0 Å². The highest BCUT2D eigenvalue weighted by atomic mass is 16.4. The standard InChI is InChI=1S/C11H22O2/c1-4-6-7-9(3)8-10(5-2)11(12)13/h9-10H,4-8H2,1-3H3,(H,12,13)/t9-,10+/m0/s1. The van der Waals surface area contributed by atoms with Crippen LogP contribution in [0.4, 0.5) is 0 Å². The van der Waals surface area contributed by atoms with E-state index in [4.69, 9.17) is 5.11 Å². The maximum Gasteiger partial charge on any atom is 0.306 e. The van der Waals surface area contributed by atoms with Crippen LogP contribution in [-0.4, -0.2) is 11.1 Å². The summed E-state index contributed by atoms with van der Waals surface area (Å²) in [4.78, 5) is 10.7. The maximum absolute atomic E-state index is 10.7. The van der Waals surface area contributed by atoms with Crippen molar-refractivity contribution >= 4 is 5.97 Å². The minimum Gasteiger partial charge on any atom is -0.481 e. The Balaban J connectivity index is 3.73. The Bertz CT molecular complexity index is 143. The van der Waals surface area contributed by atoms with E-state index >= 15 is 0 Å². The van der Waals surface area contributed by atoms with Gasteiger partial charge in [0.2, 0.25) is 0 Å². The topological polar surface area (TPSA) is 37.3 Å². The van der Waals surface area contributed by atoms with Crippen molar-refractivity contribution in [1.29, 1.82) is 0 Å². The van der Waals surface area contributed by atoms with Crippen LogP contribution in [-0.2, 0) is 4.79 Å². The molecule has 0 aliphatic carbocycles. The summed E-state index contributed by atoms with van der Waals surface area (Å²) in [6, 6.07) is 0. The van der Waals surface area contributed by atoms with Gasteiger partial charge in [-0.05, 0) is 18.8 Å². The molecule has 0 aliphatic heterocycles. The molecule has 0 radical (unpaired) electrons. The smallest absolute Gasteiger partial charge is 0.306 e. The lowest BCUT2D eigenvalue weighted by atomic mass is 9.90. The molecule has 78 valence electrons. The second-order valence-corrected chi connectivity index (χ2v) is 3.93. The molecule has 2 heteroatoms. The second-order valence-electron chi connectivity index (χ2n) is 3.93. The third-order valence-corrected chi connectivity index (χ3v) is 2.58. The average molecular weight is 186 g/mol. The lowest BCUT2D eigenvalue weighted by molar-refractivity contribution is -0.142. The van der Waals surface area contributed by atoms with Crippen LogP contribution in [0.3, 0.4) is 0 Å². The molecule has 0 saturated heterocycles. The molecule has 0 saturated carbocycles. The van der Waals surface area contributed by atoms with E-state index in [9.17, 15) is 4.79 Å². The van der Waals surface area contributed by atoms with Crippen LogP contribution in [0.15, 0.2) is 0 Å². The van der Waals surface area contributed by atoms with E-state index in [0.717, 1.165) is 12.8 Å². The first-order chi connectivity index (χ1) is 6.11. The number of rotatable bonds is 7. The predicted molar refractivity (Wildman–Crippen MR) is 54.7 cm³/mol. The molecule has 0 spiro atoms. The monoisotopic (exact) mass is 186 g/mol. The summed E-state index contributed by atoms with van der Waals surface area (Å²) in [5, 5.41) is 8.85. The summed E-state index contributed by atoms with van der Waals surface area (Å²) in [5.41, 5.74) is 0. The fourth-order valence-corrected chi connectivity index (χ4v) is 1.60. The molecule has 0 unspecified atom stereocenters. The molecule has 13 heavy (non-hydrogen) atoms. The van der Waals surface area contributed by atoms with Crippen molar-refractivity contribution in [2.75, 3.05) is 0 Å². The van der Waals surface area contributed by atoms with Gasteiger partial charge in [-0.15, -0.1) is 0 Å². The Hall–Kier alpha value is -0.530. The van der Waals surface area contributed by atoms with Crippen LogP contribution in [0.1, 0.15) is 52.9 Å². The average Bonchev–Trinajstić information content (AvgIpc) is 2.10. The molecule has 1 N–H and O–H groups in total. The lowest BCUT2D eigenvalue weighted by Crippen LogP contribution is -2.15. The fourth-order valence-electron chi connectivity index (χ4n) is 1.60. The SMILES string of the molecule is CCCC[C@H](C)C[C@@H](CC)C(=O)O. The van der Waals surface area contributed by atoms with E-state index in [-0.39, 0.29) is 5.92 Å². The molecule has 2 atom stereocenters. The Morgan fingerprint density at radius 1 is 1.38 bits per heavy atom. The molecule has 0 aromatic heterocycles. The molecule has 0 aromatic carbocycles. The zero-order chi connectivity index (χ0) is 10.3. The largest absolute Gasteiger partial charge is 0.481 e.